The van der Waals surface area contributed by atoms with Crippen LogP contribution in [0.15, 0.2) is 56.8 Å². The SMILES string of the molecule is Cc1ccc(-n2nnnc2SCc2cc(=O)oc3cc(O)c(Cl)cc23)cc1. The molecule has 0 saturated heterocycles. The van der Waals surface area contributed by atoms with Crippen molar-refractivity contribution in [3.05, 3.63) is 69.0 Å². The Labute approximate surface area is 162 Å². The monoisotopic (exact) mass is 400 g/mol. The van der Waals surface area contributed by atoms with Gasteiger partial charge in [0.2, 0.25) is 5.16 Å². The highest BCUT2D eigenvalue weighted by Gasteiger charge is 2.13. The van der Waals surface area contributed by atoms with Gasteiger partial charge in [0.15, 0.2) is 0 Å². The van der Waals surface area contributed by atoms with E-state index in [1.165, 1.54) is 23.9 Å². The second-order valence-corrected chi connectivity index (χ2v) is 7.24. The fraction of sp³-hybridized carbons (Fsp3) is 0.111. The first-order chi connectivity index (χ1) is 13.0. The van der Waals surface area contributed by atoms with Crippen molar-refractivity contribution in [2.24, 2.45) is 0 Å². The Bertz CT molecular complexity index is 1190. The summed E-state index contributed by atoms with van der Waals surface area (Å²) in [5.41, 5.74) is 2.48. The third-order valence-electron chi connectivity index (χ3n) is 3.97. The smallest absolute Gasteiger partial charge is 0.336 e. The topological polar surface area (TPSA) is 94.0 Å². The summed E-state index contributed by atoms with van der Waals surface area (Å²) < 4.78 is 6.79. The predicted octanol–water partition coefficient (Wildman–Crippen LogP) is 3.73. The highest BCUT2D eigenvalue weighted by Crippen LogP contribution is 2.32. The van der Waals surface area contributed by atoms with E-state index in [4.69, 9.17) is 16.0 Å². The second-order valence-electron chi connectivity index (χ2n) is 5.89. The number of fused-ring (bicyclic) bond motifs is 1. The van der Waals surface area contributed by atoms with Gasteiger partial charge in [0.1, 0.15) is 11.3 Å². The van der Waals surface area contributed by atoms with Gasteiger partial charge in [0.25, 0.3) is 0 Å². The summed E-state index contributed by atoms with van der Waals surface area (Å²) >= 11 is 7.38. The van der Waals surface area contributed by atoms with Crippen molar-refractivity contribution in [1.29, 1.82) is 0 Å². The molecule has 0 amide bonds. The molecule has 0 unspecified atom stereocenters. The molecule has 4 rings (SSSR count). The Morgan fingerprint density at radius 2 is 2.00 bits per heavy atom. The number of hydrogen-bond acceptors (Lipinski definition) is 7. The summed E-state index contributed by atoms with van der Waals surface area (Å²) in [6, 6.07) is 12.2. The largest absolute Gasteiger partial charge is 0.506 e. The Morgan fingerprint density at radius 1 is 1.22 bits per heavy atom. The minimum Gasteiger partial charge on any atom is -0.506 e. The number of phenols is 1. The number of aromatic nitrogens is 4. The molecular formula is C18H13ClN4O3S. The normalized spacial score (nSPS) is 11.2. The predicted molar refractivity (Wildman–Crippen MR) is 103 cm³/mol. The summed E-state index contributed by atoms with van der Waals surface area (Å²) in [4.78, 5) is 11.8. The van der Waals surface area contributed by atoms with Crippen LogP contribution in [0.4, 0.5) is 0 Å². The lowest BCUT2D eigenvalue weighted by atomic mass is 10.1. The van der Waals surface area contributed by atoms with E-state index in [9.17, 15) is 9.90 Å². The van der Waals surface area contributed by atoms with Crippen LogP contribution in [0, 0.1) is 6.92 Å². The van der Waals surface area contributed by atoms with Gasteiger partial charge in [-0.1, -0.05) is 41.1 Å². The van der Waals surface area contributed by atoms with E-state index < -0.39 is 5.63 Å². The maximum absolute atomic E-state index is 11.8. The summed E-state index contributed by atoms with van der Waals surface area (Å²) in [6.07, 6.45) is 0. The van der Waals surface area contributed by atoms with Crippen LogP contribution < -0.4 is 5.63 Å². The van der Waals surface area contributed by atoms with Crippen molar-refractivity contribution in [1.82, 2.24) is 20.2 Å². The van der Waals surface area contributed by atoms with Crippen molar-refractivity contribution < 1.29 is 9.52 Å². The lowest BCUT2D eigenvalue weighted by molar-refractivity contribution is 0.473. The van der Waals surface area contributed by atoms with Crippen molar-refractivity contribution in [3.63, 3.8) is 0 Å². The van der Waals surface area contributed by atoms with E-state index in [-0.39, 0.29) is 16.4 Å². The Hall–Kier alpha value is -2.84. The van der Waals surface area contributed by atoms with Gasteiger partial charge >= 0.3 is 5.63 Å². The summed E-state index contributed by atoms with van der Waals surface area (Å²) in [6.45, 7) is 2.01. The molecule has 27 heavy (non-hydrogen) atoms. The summed E-state index contributed by atoms with van der Waals surface area (Å²) in [5.74, 6) is 0.288. The van der Waals surface area contributed by atoms with Crippen LogP contribution in [0.3, 0.4) is 0 Å². The molecule has 0 aliphatic carbocycles. The second kappa shape index (κ2) is 7.05. The molecule has 0 aliphatic rings. The molecule has 136 valence electrons. The number of nitrogens with zero attached hydrogens (tertiary/aromatic N) is 4. The molecule has 0 spiro atoms. The molecule has 7 nitrogen and oxygen atoms in total. The molecule has 0 radical (unpaired) electrons. The van der Waals surface area contributed by atoms with Gasteiger partial charge in [0.05, 0.1) is 10.7 Å². The number of aromatic hydroxyl groups is 1. The Kier molecular flexibility index (Phi) is 4.59. The Morgan fingerprint density at radius 3 is 2.78 bits per heavy atom. The number of phenolic OH excluding ortho intramolecular Hbond substituents is 1. The Balaban J connectivity index is 1.67. The van der Waals surface area contributed by atoms with Crippen LogP contribution in [0.5, 0.6) is 5.75 Å². The lowest BCUT2D eigenvalue weighted by Gasteiger charge is -2.07. The summed E-state index contributed by atoms with van der Waals surface area (Å²) in [5, 5.41) is 23.0. The molecule has 0 bridgehead atoms. The van der Waals surface area contributed by atoms with E-state index in [1.54, 1.807) is 10.7 Å². The average molecular weight is 401 g/mol. The number of rotatable bonds is 4. The standard InChI is InChI=1S/C18H13ClN4O3S/c1-10-2-4-12(5-3-10)23-18(20-21-22-23)27-9-11-6-17(25)26-16-8-15(24)14(19)7-13(11)16/h2-8,24H,9H2,1H3. The molecule has 2 aromatic heterocycles. The van der Waals surface area contributed by atoms with Crippen LogP contribution in [0.2, 0.25) is 5.02 Å². The van der Waals surface area contributed by atoms with E-state index in [0.717, 1.165) is 11.3 Å². The number of aryl methyl sites for hydroxylation is 1. The lowest BCUT2D eigenvalue weighted by Crippen LogP contribution is -2.02. The molecule has 1 N–H and O–H groups in total. The van der Waals surface area contributed by atoms with Gasteiger partial charge in [-0.3, -0.25) is 0 Å². The average Bonchev–Trinajstić information content (AvgIpc) is 3.10. The molecule has 0 atom stereocenters. The zero-order chi connectivity index (χ0) is 19.0. The first-order valence-electron chi connectivity index (χ1n) is 7.95. The maximum atomic E-state index is 11.8. The molecule has 0 fully saturated rings. The van der Waals surface area contributed by atoms with Gasteiger partial charge in [-0.25, -0.2) is 4.79 Å². The summed E-state index contributed by atoms with van der Waals surface area (Å²) in [7, 11) is 0. The molecule has 9 heteroatoms. The van der Waals surface area contributed by atoms with Crippen molar-refractivity contribution in [2.75, 3.05) is 0 Å². The first kappa shape index (κ1) is 17.6. The zero-order valence-electron chi connectivity index (χ0n) is 14.1. The van der Waals surface area contributed by atoms with Crippen LogP contribution in [-0.4, -0.2) is 25.3 Å². The molecule has 0 aliphatic heterocycles. The van der Waals surface area contributed by atoms with Crippen molar-refractivity contribution >= 4 is 34.3 Å². The molecule has 4 aromatic rings. The quantitative estimate of drug-likeness (QED) is 0.412. The van der Waals surface area contributed by atoms with Gasteiger partial charge in [0, 0.05) is 23.3 Å². The van der Waals surface area contributed by atoms with E-state index in [2.05, 4.69) is 15.5 Å². The third kappa shape index (κ3) is 3.54. The number of halogens is 1. The van der Waals surface area contributed by atoms with Crippen molar-refractivity contribution in [3.8, 4) is 11.4 Å². The fourth-order valence-electron chi connectivity index (χ4n) is 2.61. The fourth-order valence-corrected chi connectivity index (χ4v) is 3.66. The molecule has 2 heterocycles. The van der Waals surface area contributed by atoms with Crippen LogP contribution >= 0.6 is 23.4 Å². The van der Waals surface area contributed by atoms with E-state index >= 15 is 0 Å². The maximum Gasteiger partial charge on any atom is 0.336 e. The number of thioether (sulfide) groups is 1. The van der Waals surface area contributed by atoms with E-state index in [0.29, 0.717) is 21.9 Å². The molecular weight excluding hydrogens is 388 g/mol. The minimum absolute atomic E-state index is 0.138. The highest BCUT2D eigenvalue weighted by molar-refractivity contribution is 7.98. The van der Waals surface area contributed by atoms with Gasteiger partial charge in [-0.05, 0) is 41.1 Å². The van der Waals surface area contributed by atoms with Crippen molar-refractivity contribution in [2.45, 2.75) is 17.8 Å². The molecule has 0 saturated carbocycles. The third-order valence-corrected chi connectivity index (χ3v) is 5.24. The first-order valence-corrected chi connectivity index (χ1v) is 9.31. The number of hydrogen-bond donors (Lipinski definition) is 1. The molecule has 2 aromatic carbocycles. The van der Waals surface area contributed by atoms with Crippen LogP contribution in [0.1, 0.15) is 11.1 Å². The highest BCUT2D eigenvalue weighted by atomic mass is 35.5. The number of benzene rings is 2. The minimum atomic E-state index is -0.502. The van der Waals surface area contributed by atoms with E-state index in [1.807, 2.05) is 31.2 Å². The van der Waals surface area contributed by atoms with Crippen LogP contribution in [-0.2, 0) is 5.75 Å². The zero-order valence-corrected chi connectivity index (χ0v) is 15.7. The van der Waals surface area contributed by atoms with Gasteiger partial charge in [-0.2, -0.15) is 4.68 Å². The van der Waals surface area contributed by atoms with Gasteiger partial charge in [-0.15, -0.1) is 5.10 Å². The van der Waals surface area contributed by atoms with Crippen LogP contribution in [0.25, 0.3) is 16.7 Å². The van der Waals surface area contributed by atoms with Gasteiger partial charge < -0.3 is 9.52 Å². The number of tetrazole rings is 1.